The Bertz CT molecular complexity index is 761. The fourth-order valence-electron chi connectivity index (χ4n) is 3.31. The summed E-state index contributed by atoms with van der Waals surface area (Å²) in [5.41, 5.74) is 1.84. The second-order valence-corrected chi connectivity index (χ2v) is 6.70. The molecule has 1 heterocycles. The van der Waals surface area contributed by atoms with E-state index in [0.29, 0.717) is 25.8 Å². The lowest BCUT2D eigenvalue weighted by Gasteiger charge is -2.35. The first-order valence-electron chi connectivity index (χ1n) is 8.94. The van der Waals surface area contributed by atoms with Crippen molar-refractivity contribution in [2.45, 2.75) is 44.8 Å². The molecule has 2 aromatic rings. The van der Waals surface area contributed by atoms with Crippen molar-refractivity contribution in [3.63, 3.8) is 0 Å². The van der Waals surface area contributed by atoms with Crippen molar-refractivity contribution < 1.29 is 14.0 Å². The van der Waals surface area contributed by atoms with Gasteiger partial charge < -0.3 is 10.2 Å². The van der Waals surface area contributed by atoms with Crippen LogP contribution in [0.2, 0.25) is 0 Å². The van der Waals surface area contributed by atoms with Crippen LogP contribution in [0.15, 0.2) is 54.6 Å². The molecule has 26 heavy (non-hydrogen) atoms. The van der Waals surface area contributed by atoms with Gasteiger partial charge in [-0.05, 0) is 43.0 Å². The van der Waals surface area contributed by atoms with Crippen molar-refractivity contribution in [2.75, 3.05) is 0 Å². The molecule has 0 saturated carbocycles. The van der Waals surface area contributed by atoms with Crippen molar-refractivity contribution in [2.24, 2.45) is 0 Å². The van der Waals surface area contributed by atoms with Crippen LogP contribution in [0.3, 0.4) is 0 Å². The molecule has 5 heteroatoms. The average Bonchev–Trinajstić information content (AvgIpc) is 2.65. The van der Waals surface area contributed by atoms with Gasteiger partial charge in [0.25, 0.3) is 0 Å². The lowest BCUT2D eigenvalue weighted by atomic mass is 9.99. The maximum Gasteiger partial charge on any atom is 0.243 e. The number of carbonyl (C=O) groups excluding carboxylic acids is 2. The van der Waals surface area contributed by atoms with Gasteiger partial charge in [-0.15, -0.1) is 0 Å². The van der Waals surface area contributed by atoms with Gasteiger partial charge in [-0.3, -0.25) is 9.59 Å². The highest BCUT2D eigenvalue weighted by Crippen LogP contribution is 2.22. The van der Waals surface area contributed by atoms with E-state index in [0.717, 1.165) is 11.1 Å². The van der Waals surface area contributed by atoms with Crippen LogP contribution in [0.4, 0.5) is 4.39 Å². The van der Waals surface area contributed by atoms with E-state index in [1.807, 2.05) is 37.3 Å². The molecule has 4 nitrogen and oxygen atoms in total. The highest BCUT2D eigenvalue weighted by molar-refractivity contribution is 5.89. The minimum atomic E-state index is -0.493. The normalized spacial score (nSPS) is 18.5. The zero-order chi connectivity index (χ0) is 18.5. The first-order valence-corrected chi connectivity index (χ1v) is 8.94. The number of likely N-dealkylation sites (tertiary alicyclic amines) is 1. The van der Waals surface area contributed by atoms with E-state index in [-0.39, 0.29) is 23.7 Å². The van der Waals surface area contributed by atoms with Gasteiger partial charge in [0, 0.05) is 13.0 Å². The Kier molecular flexibility index (Phi) is 5.66. The topological polar surface area (TPSA) is 49.4 Å². The number of piperidine rings is 1. The second kappa shape index (κ2) is 8.13. The van der Waals surface area contributed by atoms with E-state index >= 15 is 0 Å². The fraction of sp³-hybridized carbons (Fsp3) is 0.333. The summed E-state index contributed by atoms with van der Waals surface area (Å²) in [7, 11) is 0. The number of nitrogens with zero attached hydrogens (tertiary/aromatic N) is 1. The zero-order valence-corrected chi connectivity index (χ0v) is 14.8. The number of amides is 2. The maximum absolute atomic E-state index is 13.1. The second-order valence-electron chi connectivity index (χ2n) is 6.70. The van der Waals surface area contributed by atoms with E-state index in [1.54, 1.807) is 17.0 Å². The van der Waals surface area contributed by atoms with Gasteiger partial charge in [0.15, 0.2) is 0 Å². The zero-order valence-electron chi connectivity index (χ0n) is 14.8. The van der Waals surface area contributed by atoms with Crippen molar-refractivity contribution in [1.82, 2.24) is 10.2 Å². The summed E-state index contributed by atoms with van der Waals surface area (Å²) in [5.74, 6) is -0.491. The number of hydrogen-bond donors (Lipinski definition) is 1. The summed E-state index contributed by atoms with van der Waals surface area (Å²) in [5, 5.41) is 3.02. The summed E-state index contributed by atoms with van der Waals surface area (Å²) >= 11 is 0. The van der Waals surface area contributed by atoms with Crippen LogP contribution >= 0.6 is 0 Å². The largest absolute Gasteiger partial charge is 0.348 e. The smallest absolute Gasteiger partial charge is 0.243 e. The molecular formula is C21H23FN2O2. The Labute approximate surface area is 153 Å². The third kappa shape index (κ3) is 4.28. The Balaban J connectivity index is 1.71. The van der Waals surface area contributed by atoms with Gasteiger partial charge in [0.2, 0.25) is 11.8 Å². The maximum atomic E-state index is 13.1. The highest BCUT2D eigenvalue weighted by atomic mass is 19.1. The Morgan fingerprint density at radius 1 is 1.19 bits per heavy atom. The van der Waals surface area contributed by atoms with E-state index in [2.05, 4.69) is 5.32 Å². The van der Waals surface area contributed by atoms with E-state index < -0.39 is 6.04 Å². The molecule has 2 unspecified atom stereocenters. The van der Waals surface area contributed by atoms with E-state index in [4.69, 9.17) is 0 Å². The standard InChI is InChI=1S/C21H23FN2O2/c1-15(17-6-3-2-4-7-17)23-21(26)19-8-5-9-20(25)24(19)14-16-10-12-18(22)13-11-16/h2-4,6-7,10-13,15,19H,5,8-9,14H2,1H3,(H,23,26). The number of halogens is 1. The summed E-state index contributed by atoms with van der Waals surface area (Å²) in [6.07, 6.45) is 1.79. The SMILES string of the molecule is CC(NC(=O)C1CCCC(=O)N1Cc1ccc(F)cc1)c1ccccc1. The van der Waals surface area contributed by atoms with Crippen LogP contribution in [0.1, 0.15) is 43.4 Å². The number of nitrogens with one attached hydrogen (secondary N) is 1. The molecule has 2 atom stereocenters. The van der Waals surface area contributed by atoms with E-state index in [9.17, 15) is 14.0 Å². The van der Waals surface area contributed by atoms with Crippen LogP contribution < -0.4 is 5.32 Å². The summed E-state index contributed by atoms with van der Waals surface area (Å²) in [4.78, 5) is 26.8. The summed E-state index contributed by atoms with van der Waals surface area (Å²) in [6, 6.07) is 15.2. The predicted octanol–water partition coefficient (Wildman–Crippen LogP) is 3.58. The molecule has 136 valence electrons. The molecule has 1 fully saturated rings. The van der Waals surface area contributed by atoms with Crippen LogP contribution in [0, 0.1) is 5.82 Å². The molecule has 0 spiro atoms. The van der Waals surface area contributed by atoms with Crippen molar-refractivity contribution in [3.8, 4) is 0 Å². The van der Waals surface area contributed by atoms with Gasteiger partial charge in [0.1, 0.15) is 11.9 Å². The number of benzene rings is 2. The first-order chi connectivity index (χ1) is 12.5. The van der Waals surface area contributed by atoms with Gasteiger partial charge >= 0.3 is 0 Å². The minimum absolute atomic E-state index is 0.0342. The van der Waals surface area contributed by atoms with Crippen molar-refractivity contribution >= 4 is 11.8 Å². The molecule has 1 N–H and O–H groups in total. The molecule has 1 saturated heterocycles. The Hall–Kier alpha value is -2.69. The quantitative estimate of drug-likeness (QED) is 0.892. The number of hydrogen-bond acceptors (Lipinski definition) is 2. The lowest BCUT2D eigenvalue weighted by Crippen LogP contribution is -2.51. The summed E-state index contributed by atoms with van der Waals surface area (Å²) in [6.45, 7) is 2.25. The van der Waals surface area contributed by atoms with Crippen LogP contribution in [0.5, 0.6) is 0 Å². The molecule has 1 aliphatic heterocycles. The molecule has 0 bridgehead atoms. The van der Waals surface area contributed by atoms with Crippen molar-refractivity contribution in [3.05, 3.63) is 71.5 Å². The average molecular weight is 354 g/mol. The third-order valence-electron chi connectivity index (χ3n) is 4.79. The van der Waals surface area contributed by atoms with Gasteiger partial charge in [-0.25, -0.2) is 4.39 Å². The van der Waals surface area contributed by atoms with Crippen LogP contribution in [-0.4, -0.2) is 22.8 Å². The van der Waals surface area contributed by atoms with Gasteiger partial charge in [-0.2, -0.15) is 0 Å². The number of rotatable bonds is 5. The van der Waals surface area contributed by atoms with Crippen molar-refractivity contribution in [1.29, 1.82) is 0 Å². The fourth-order valence-corrected chi connectivity index (χ4v) is 3.31. The Morgan fingerprint density at radius 3 is 2.58 bits per heavy atom. The molecule has 1 aliphatic rings. The molecule has 0 aromatic heterocycles. The Morgan fingerprint density at radius 2 is 1.88 bits per heavy atom. The third-order valence-corrected chi connectivity index (χ3v) is 4.79. The van der Waals surface area contributed by atoms with Crippen LogP contribution in [0.25, 0.3) is 0 Å². The molecule has 0 aliphatic carbocycles. The number of carbonyl (C=O) groups is 2. The first kappa shape index (κ1) is 18.1. The van der Waals surface area contributed by atoms with E-state index in [1.165, 1.54) is 12.1 Å². The summed E-state index contributed by atoms with van der Waals surface area (Å²) < 4.78 is 13.1. The molecule has 3 rings (SSSR count). The molecule has 0 radical (unpaired) electrons. The van der Waals surface area contributed by atoms with Gasteiger partial charge in [0.05, 0.1) is 6.04 Å². The van der Waals surface area contributed by atoms with Gasteiger partial charge in [-0.1, -0.05) is 42.5 Å². The monoisotopic (exact) mass is 354 g/mol. The molecule has 2 aromatic carbocycles. The van der Waals surface area contributed by atoms with Crippen LogP contribution in [-0.2, 0) is 16.1 Å². The predicted molar refractivity (Wildman–Crippen MR) is 97.6 cm³/mol. The highest BCUT2D eigenvalue weighted by Gasteiger charge is 2.33. The minimum Gasteiger partial charge on any atom is -0.348 e. The lowest BCUT2D eigenvalue weighted by molar-refractivity contribution is -0.144. The molecular weight excluding hydrogens is 331 g/mol. The molecule has 2 amide bonds.